The van der Waals surface area contributed by atoms with Gasteiger partial charge in [0.05, 0.1) is 23.5 Å². The van der Waals surface area contributed by atoms with Gasteiger partial charge in [-0.3, -0.25) is 4.79 Å². The second-order valence-corrected chi connectivity index (χ2v) is 6.93. The van der Waals surface area contributed by atoms with Crippen LogP contribution in [-0.4, -0.2) is 31.9 Å². The number of nitrogens with zero attached hydrogens (tertiary/aromatic N) is 4. The number of aromatic nitrogens is 3. The molecule has 0 saturated carbocycles. The van der Waals surface area contributed by atoms with Crippen molar-refractivity contribution in [3.05, 3.63) is 64.8 Å². The SMILES string of the molecule is CC1c2ccc3occc3c2CCN1C(=O)c1cc2ncc(Cl)cn2n1. The standard InChI is InChI=1S/C19H15ClN4O2/c1-11-13-2-3-17-15(5-7-26-17)14(13)4-6-23(11)19(25)16-8-18-21-9-12(20)10-24(18)22-16/h2-3,5,7-11H,4,6H2,1H3. The maximum atomic E-state index is 13.1. The molecule has 0 radical (unpaired) electrons. The van der Waals surface area contributed by atoms with Gasteiger partial charge in [-0.25, -0.2) is 9.50 Å². The zero-order chi connectivity index (χ0) is 17.8. The molecule has 0 fully saturated rings. The number of furan rings is 1. The number of amides is 1. The molecule has 130 valence electrons. The molecule has 6 nitrogen and oxygen atoms in total. The molecule has 1 aliphatic rings. The van der Waals surface area contributed by atoms with Gasteiger partial charge in [-0.05, 0) is 36.6 Å². The van der Waals surface area contributed by atoms with E-state index in [2.05, 4.69) is 16.1 Å². The molecule has 4 aromatic rings. The molecule has 0 saturated heterocycles. The van der Waals surface area contributed by atoms with Gasteiger partial charge < -0.3 is 9.32 Å². The fraction of sp³-hybridized carbons (Fsp3) is 0.211. The molecule has 0 spiro atoms. The number of carbonyl (C=O) groups excluding carboxylic acids is 1. The Morgan fingerprint density at radius 3 is 3.12 bits per heavy atom. The molecule has 7 heteroatoms. The number of fused-ring (bicyclic) bond motifs is 4. The lowest BCUT2D eigenvalue weighted by molar-refractivity contribution is 0.0672. The van der Waals surface area contributed by atoms with Gasteiger partial charge in [-0.15, -0.1) is 0 Å². The fourth-order valence-corrected chi connectivity index (χ4v) is 3.91. The average Bonchev–Trinajstić information content (AvgIpc) is 3.27. The van der Waals surface area contributed by atoms with E-state index < -0.39 is 0 Å². The van der Waals surface area contributed by atoms with Crippen LogP contribution in [0.2, 0.25) is 5.02 Å². The van der Waals surface area contributed by atoms with Crippen molar-refractivity contribution in [1.82, 2.24) is 19.5 Å². The topological polar surface area (TPSA) is 63.6 Å². The van der Waals surface area contributed by atoms with Crippen molar-refractivity contribution in [3.63, 3.8) is 0 Å². The van der Waals surface area contributed by atoms with Crippen molar-refractivity contribution in [1.29, 1.82) is 0 Å². The average molecular weight is 367 g/mol. The number of rotatable bonds is 1. The lowest BCUT2D eigenvalue weighted by atomic mass is 9.91. The van der Waals surface area contributed by atoms with Crippen molar-refractivity contribution < 1.29 is 9.21 Å². The first-order valence-corrected chi connectivity index (χ1v) is 8.80. The molecular weight excluding hydrogens is 352 g/mol. The molecule has 1 amide bonds. The van der Waals surface area contributed by atoms with Crippen LogP contribution >= 0.6 is 11.6 Å². The van der Waals surface area contributed by atoms with E-state index in [0.29, 0.717) is 22.9 Å². The van der Waals surface area contributed by atoms with Crippen LogP contribution in [0.1, 0.15) is 34.6 Å². The van der Waals surface area contributed by atoms with E-state index in [0.717, 1.165) is 23.0 Å². The zero-order valence-electron chi connectivity index (χ0n) is 14.0. The van der Waals surface area contributed by atoms with Crippen LogP contribution in [0, 0.1) is 0 Å². The van der Waals surface area contributed by atoms with Crippen LogP contribution in [-0.2, 0) is 6.42 Å². The van der Waals surface area contributed by atoms with Crippen LogP contribution in [0.15, 0.2) is 47.3 Å². The summed E-state index contributed by atoms with van der Waals surface area (Å²) in [5, 5.41) is 5.95. The van der Waals surface area contributed by atoms with Gasteiger partial charge in [0.2, 0.25) is 0 Å². The Morgan fingerprint density at radius 2 is 2.23 bits per heavy atom. The van der Waals surface area contributed by atoms with E-state index in [4.69, 9.17) is 16.0 Å². The summed E-state index contributed by atoms with van der Waals surface area (Å²) in [6, 6.07) is 7.67. The fourth-order valence-electron chi connectivity index (χ4n) is 3.77. The third-order valence-electron chi connectivity index (χ3n) is 5.07. The molecule has 3 aromatic heterocycles. The van der Waals surface area contributed by atoms with Crippen LogP contribution in [0.3, 0.4) is 0 Å². The highest BCUT2D eigenvalue weighted by atomic mass is 35.5. The number of hydrogen-bond acceptors (Lipinski definition) is 4. The summed E-state index contributed by atoms with van der Waals surface area (Å²) in [5.41, 5.74) is 4.28. The van der Waals surface area contributed by atoms with Crippen molar-refractivity contribution in [2.24, 2.45) is 0 Å². The summed E-state index contributed by atoms with van der Waals surface area (Å²) in [6.07, 6.45) is 5.69. The van der Waals surface area contributed by atoms with E-state index in [1.165, 1.54) is 10.1 Å². The van der Waals surface area contributed by atoms with Crippen molar-refractivity contribution in [2.45, 2.75) is 19.4 Å². The summed E-state index contributed by atoms with van der Waals surface area (Å²) in [6.45, 7) is 2.69. The van der Waals surface area contributed by atoms with Crippen LogP contribution < -0.4 is 0 Å². The first-order valence-electron chi connectivity index (χ1n) is 8.43. The molecule has 1 unspecified atom stereocenters. The van der Waals surface area contributed by atoms with E-state index in [9.17, 15) is 4.79 Å². The van der Waals surface area contributed by atoms with Gasteiger partial charge in [-0.1, -0.05) is 17.7 Å². The first kappa shape index (κ1) is 15.4. The first-order chi connectivity index (χ1) is 12.6. The number of hydrogen-bond donors (Lipinski definition) is 0. The molecule has 0 bridgehead atoms. The second-order valence-electron chi connectivity index (χ2n) is 6.49. The normalized spacial score (nSPS) is 17.0. The van der Waals surface area contributed by atoms with E-state index in [1.54, 1.807) is 24.7 Å². The third kappa shape index (κ3) is 2.22. The quantitative estimate of drug-likeness (QED) is 0.512. The van der Waals surface area contributed by atoms with Gasteiger partial charge in [0.25, 0.3) is 5.91 Å². The predicted octanol–water partition coefficient (Wildman–Crippen LogP) is 3.89. The van der Waals surface area contributed by atoms with Gasteiger partial charge >= 0.3 is 0 Å². The van der Waals surface area contributed by atoms with Crippen molar-refractivity contribution >= 4 is 34.1 Å². The molecule has 1 atom stereocenters. The van der Waals surface area contributed by atoms with E-state index >= 15 is 0 Å². The Kier molecular flexibility index (Phi) is 3.30. The maximum Gasteiger partial charge on any atom is 0.274 e. The smallest absolute Gasteiger partial charge is 0.274 e. The predicted molar refractivity (Wildman–Crippen MR) is 97.4 cm³/mol. The largest absolute Gasteiger partial charge is 0.464 e. The minimum Gasteiger partial charge on any atom is -0.464 e. The van der Waals surface area contributed by atoms with E-state index in [1.807, 2.05) is 24.0 Å². The monoisotopic (exact) mass is 366 g/mol. The van der Waals surface area contributed by atoms with Crippen LogP contribution in [0.5, 0.6) is 0 Å². The lowest BCUT2D eigenvalue weighted by Crippen LogP contribution is -2.39. The Balaban J connectivity index is 1.52. The third-order valence-corrected chi connectivity index (χ3v) is 5.26. The molecule has 0 aliphatic carbocycles. The summed E-state index contributed by atoms with van der Waals surface area (Å²) >= 11 is 5.95. The lowest BCUT2D eigenvalue weighted by Gasteiger charge is -2.35. The Bertz CT molecular complexity index is 1160. The number of carbonyl (C=O) groups is 1. The molecule has 5 rings (SSSR count). The minimum absolute atomic E-state index is 0.0353. The minimum atomic E-state index is -0.0999. The number of benzene rings is 1. The van der Waals surface area contributed by atoms with Crippen LogP contribution in [0.4, 0.5) is 0 Å². The summed E-state index contributed by atoms with van der Waals surface area (Å²) in [4.78, 5) is 19.1. The molecule has 0 N–H and O–H groups in total. The Hall–Kier alpha value is -2.86. The molecule has 4 heterocycles. The van der Waals surface area contributed by atoms with Gasteiger partial charge in [0.15, 0.2) is 11.3 Å². The van der Waals surface area contributed by atoms with Gasteiger partial charge in [-0.2, -0.15) is 5.10 Å². The summed E-state index contributed by atoms with van der Waals surface area (Å²) in [7, 11) is 0. The molecular formula is C19H15ClN4O2. The highest BCUT2D eigenvalue weighted by Gasteiger charge is 2.30. The summed E-state index contributed by atoms with van der Waals surface area (Å²) in [5.74, 6) is -0.0999. The molecule has 1 aliphatic heterocycles. The zero-order valence-corrected chi connectivity index (χ0v) is 14.8. The highest BCUT2D eigenvalue weighted by molar-refractivity contribution is 6.30. The second kappa shape index (κ2) is 5.57. The number of halogens is 1. The Labute approximate surface area is 154 Å². The van der Waals surface area contributed by atoms with Gasteiger partial charge in [0, 0.05) is 24.2 Å². The maximum absolute atomic E-state index is 13.1. The van der Waals surface area contributed by atoms with Crippen molar-refractivity contribution in [3.8, 4) is 0 Å². The summed E-state index contributed by atoms with van der Waals surface area (Å²) < 4.78 is 7.03. The highest BCUT2D eigenvalue weighted by Crippen LogP contribution is 2.35. The van der Waals surface area contributed by atoms with Gasteiger partial charge in [0.1, 0.15) is 5.58 Å². The molecule has 1 aromatic carbocycles. The van der Waals surface area contributed by atoms with Crippen molar-refractivity contribution in [2.75, 3.05) is 6.54 Å². The van der Waals surface area contributed by atoms with Crippen LogP contribution in [0.25, 0.3) is 16.6 Å². The molecule has 26 heavy (non-hydrogen) atoms. The van der Waals surface area contributed by atoms with E-state index in [-0.39, 0.29) is 11.9 Å². The Morgan fingerprint density at radius 1 is 1.35 bits per heavy atom.